The number of aryl methyl sites for hydroxylation is 1. The van der Waals surface area contributed by atoms with Crippen molar-refractivity contribution < 1.29 is 14.0 Å². The van der Waals surface area contributed by atoms with E-state index in [0.717, 1.165) is 21.9 Å². The van der Waals surface area contributed by atoms with E-state index < -0.39 is 0 Å². The van der Waals surface area contributed by atoms with Crippen LogP contribution >= 0.6 is 23.1 Å². The number of aromatic nitrogens is 1. The van der Waals surface area contributed by atoms with Crippen molar-refractivity contribution >= 4 is 39.4 Å². The number of carbonyl (C=O) groups excluding carboxylic acids is 2. The molecule has 2 amide bonds. The number of hydrogen-bond acceptors (Lipinski definition) is 5. The fourth-order valence-corrected chi connectivity index (χ4v) is 3.90. The Morgan fingerprint density at radius 2 is 2.13 bits per heavy atom. The van der Waals surface area contributed by atoms with Gasteiger partial charge in [0.05, 0.1) is 5.69 Å². The van der Waals surface area contributed by atoms with Crippen molar-refractivity contribution in [1.82, 2.24) is 9.88 Å². The van der Waals surface area contributed by atoms with Gasteiger partial charge >= 0.3 is 0 Å². The second kappa shape index (κ2) is 6.67. The van der Waals surface area contributed by atoms with Gasteiger partial charge < -0.3 is 10.2 Å². The average molecular weight is 351 g/mol. The first kappa shape index (κ1) is 15.9. The van der Waals surface area contributed by atoms with Crippen molar-refractivity contribution in [3.63, 3.8) is 0 Å². The third-order valence-corrected chi connectivity index (χ3v) is 5.12. The number of carbonyl (C=O) groups is 2. The van der Waals surface area contributed by atoms with Gasteiger partial charge in [-0.15, -0.1) is 11.3 Å². The lowest BCUT2D eigenvalue weighted by molar-refractivity contribution is -0.116. The SMILES string of the molecule is Cc1sc(NC(=O)CN2CCSC2=O)nc1-c1ccc(F)cc1. The smallest absolute Gasteiger partial charge is 0.282 e. The van der Waals surface area contributed by atoms with Crippen molar-refractivity contribution in [2.24, 2.45) is 0 Å². The van der Waals surface area contributed by atoms with Crippen LogP contribution in [0.5, 0.6) is 0 Å². The summed E-state index contributed by atoms with van der Waals surface area (Å²) in [5.74, 6) is 0.153. The third-order valence-electron chi connectivity index (χ3n) is 3.34. The zero-order chi connectivity index (χ0) is 16.4. The van der Waals surface area contributed by atoms with Crippen molar-refractivity contribution in [1.29, 1.82) is 0 Å². The standard InChI is InChI=1S/C15H14FN3O2S2/c1-9-13(10-2-4-11(16)5-3-10)18-14(23-9)17-12(20)8-19-6-7-22-15(19)21/h2-5H,6-8H2,1H3,(H,17,18,20). The van der Waals surface area contributed by atoms with Crippen molar-refractivity contribution in [2.75, 3.05) is 24.2 Å². The first-order chi connectivity index (χ1) is 11.0. The lowest BCUT2D eigenvalue weighted by atomic mass is 10.1. The van der Waals surface area contributed by atoms with Gasteiger partial charge in [0.25, 0.3) is 5.24 Å². The Hall–Kier alpha value is -1.93. The summed E-state index contributed by atoms with van der Waals surface area (Å²) in [6.07, 6.45) is 0. The number of hydrogen-bond donors (Lipinski definition) is 1. The minimum absolute atomic E-state index is 0.0380. The predicted octanol–water partition coefficient (Wildman–Crippen LogP) is 3.36. The van der Waals surface area contributed by atoms with Crippen LogP contribution in [-0.2, 0) is 4.79 Å². The van der Waals surface area contributed by atoms with Gasteiger partial charge in [0.2, 0.25) is 5.91 Å². The molecule has 1 fully saturated rings. The number of amides is 2. The number of thioether (sulfide) groups is 1. The molecule has 0 aliphatic carbocycles. The zero-order valence-electron chi connectivity index (χ0n) is 12.3. The molecule has 1 aromatic carbocycles. The second-order valence-electron chi connectivity index (χ2n) is 5.01. The van der Waals surface area contributed by atoms with Crippen LogP contribution in [0.2, 0.25) is 0 Å². The first-order valence-electron chi connectivity index (χ1n) is 6.98. The number of anilines is 1. The number of rotatable bonds is 4. The summed E-state index contributed by atoms with van der Waals surface area (Å²) in [5, 5.41) is 3.13. The van der Waals surface area contributed by atoms with Crippen LogP contribution < -0.4 is 5.32 Å². The fraction of sp³-hybridized carbons (Fsp3) is 0.267. The molecule has 23 heavy (non-hydrogen) atoms. The monoisotopic (exact) mass is 351 g/mol. The number of nitrogens with one attached hydrogen (secondary N) is 1. The number of benzene rings is 1. The zero-order valence-corrected chi connectivity index (χ0v) is 14.0. The van der Waals surface area contributed by atoms with Gasteiger partial charge in [-0.3, -0.25) is 9.59 Å². The molecular formula is C15H14FN3O2S2. The highest BCUT2D eigenvalue weighted by atomic mass is 32.2. The molecular weight excluding hydrogens is 337 g/mol. The highest BCUT2D eigenvalue weighted by molar-refractivity contribution is 8.13. The van der Waals surface area contributed by atoms with Crippen LogP contribution in [0.4, 0.5) is 14.3 Å². The first-order valence-corrected chi connectivity index (χ1v) is 8.78. The van der Waals surface area contributed by atoms with Crippen LogP contribution in [0.25, 0.3) is 11.3 Å². The van der Waals surface area contributed by atoms with Crippen LogP contribution in [0.15, 0.2) is 24.3 Å². The predicted molar refractivity (Wildman–Crippen MR) is 90.3 cm³/mol. The Bertz CT molecular complexity index is 746. The van der Waals surface area contributed by atoms with E-state index >= 15 is 0 Å². The van der Waals surface area contributed by atoms with Gasteiger partial charge in [0, 0.05) is 22.7 Å². The maximum atomic E-state index is 13.0. The van der Waals surface area contributed by atoms with E-state index in [9.17, 15) is 14.0 Å². The molecule has 0 spiro atoms. The van der Waals surface area contributed by atoms with Crippen LogP contribution in [-0.4, -0.2) is 39.9 Å². The Morgan fingerprint density at radius 1 is 1.39 bits per heavy atom. The number of halogens is 1. The van der Waals surface area contributed by atoms with Crippen LogP contribution in [0.3, 0.4) is 0 Å². The van der Waals surface area contributed by atoms with E-state index in [2.05, 4.69) is 10.3 Å². The van der Waals surface area contributed by atoms with E-state index in [1.165, 1.54) is 40.1 Å². The van der Waals surface area contributed by atoms with Gasteiger partial charge in [0.1, 0.15) is 12.4 Å². The molecule has 1 aliphatic heterocycles. The van der Waals surface area contributed by atoms with E-state index in [4.69, 9.17) is 0 Å². The average Bonchev–Trinajstić information content (AvgIpc) is 3.06. The molecule has 8 heteroatoms. The lowest BCUT2D eigenvalue weighted by Crippen LogP contribution is -2.33. The van der Waals surface area contributed by atoms with Gasteiger partial charge in [-0.25, -0.2) is 9.37 Å². The molecule has 1 aromatic heterocycles. The summed E-state index contributed by atoms with van der Waals surface area (Å²) in [5.41, 5.74) is 1.52. The lowest BCUT2D eigenvalue weighted by Gasteiger charge is -2.12. The van der Waals surface area contributed by atoms with Gasteiger partial charge in [-0.05, 0) is 31.2 Å². The molecule has 0 saturated carbocycles. The molecule has 1 saturated heterocycles. The highest BCUT2D eigenvalue weighted by Crippen LogP contribution is 2.30. The summed E-state index contributed by atoms with van der Waals surface area (Å²) in [4.78, 5) is 30.4. The topological polar surface area (TPSA) is 62.3 Å². The largest absolute Gasteiger partial charge is 0.323 e. The maximum absolute atomic E-state index is 13.0. The Balaban J connectivity index is 1.69. The minimum atomic E-state index is -0.302. The third kappa shape index (κ3) is 3.70. The molecule has 1 N–H and O–H groups in total. The Labute approximate surface area is 140 Å². The normalized spacial score (nSPS) is 14.3. The van der Waals surface area contributed by atoms with E-state index in [-0.39, 0.29) is 23.5 Å². The van der Waals surface area contributed by atoms with E-state index in [0.29, 0.717) is 11.7 Å². The van der Waals surface area contributed by atoms with Gasteiger partial charge in [-0.1, -0.05) is 11.8 Å². The molecule has 0 unspecified atom stereocenters. The van der Waals surface area contributed by atoms with Crippen LogP contribution in [0, 0.1) is 12.7 Å². The van der Waals surface area contributed by atoms with Gasteiger partial charge in [0.15, 0.2) is 5.13 Å². The molecule has 0 bridgehead atoms. The molecule has 2 aromatic rings. The Kier molecular flexibility index (Phi) is 4.63. The summed E-state index contributed by atoms with van der Waals surface area (Å²) in [6, 6.07) is 6.07. The number of nitrogens with zero attached hydrogens (tertiary/aromatic N) is 2. The highest BCUT2D eigenvalue weighted by Gasteiger charge is 2.23. The summed E-state index contributed by atoms with van der Waals surface area (Å²) >= 11 is 2.58. The van der Waals surface area contributed by atoms with Crippen molar-refractivity contribution in [3.05, 3.63) is 35.0 Å². The maximum Gasteiger partial charge on any atom is 0.282 e. The molecule has 2 heterocycles. The second-order valence-corrected chi connectivity index (χ2v) is 7.26. The molecule has 0 radical (unpaired) electrons. The number of thiazole rings is 1. The molecule has 1 aliphatic rings. The van der Waals surface area contributed by atoms with Crippen molar-refractivity contribution in [3.8, 4) is 11.3 Å². The van der Waals surface area contributed by atoms with E-state index in [1.807, 2.05) is 6.92 Å². The quantitative estimate of drug-likeness (QED) is 0.917. The summed E-state index contributed by atoms with van der Waals surface area (Å²) in [6.45, 7) is 2.53. The Morgan fingerprint density at radius 3 is 2.78 bits per heavy atom. The summed E-state index contributed by atoms with van der Waals surface area (Å²) < 4.78 is 13.0. The molecule has 120 valence electrons. The van der Waals surface area contributed by atoms with Crippen LogP contribution in [0.1, 0.15) is 4.88 Å². The van der Waals surface area contributed by atoms with E-state index in [1.54, 1.807) is 12.1 Å². The summed E-state index contributed by atoms with van der Waals surface area (Å²) in [7, 11) is 0. The van der Waals surface area contributed by atoms with Gasteiger partial charge in [-0.2, -0.15) is 0 Å². The fourth-order valence-electron chi connectivity index (χ4n) is 2.23. The molecule has 3 rings (SSSR count). The molecule has 5 nitrogen and oxygen atoms in total. The van der Waals surface area contributed by atoms with Crippen molar-refractivity contribution in [2.45, 2.75) is 6.92 Å². The minimum Gasteiger partial charge on any atom is -0.323 e. The molecule has 0 atom stereocenters.